The summed E-state index contributed by atoms with van der Waals surface area (Å²) < 4.78 is 66.5. The number of aryl methyl sites for hydroxylation is 1. The molecule has 1 heterocycles. The van der Waals surface area contributed by atoms with Gasteiger partial charge in [-0.15, -0.1) is 0 Å². The van der Waals surface area contributed by atoms with E-state index in [0.717, 1.165) is 30.3 Å². The quantitative estimate of drug-likeness (QED) is 0.535. The molecule has 2 N–H and O–H groups in total. The summed E-state index contributed by atoms with van der Waals surface area (Å²) in [5.74, 6) is -0.586. The van der Waals surface area contributed by atoms with Crippen molar-refractivity contribution in [1.29, 1.82) is 0 Å². The van der Waals surface area contributed by atoms with Crippen molar-refractivity contribution in [2.24, 2.45) is 0 Å². The first-order chi connectivity index (χ1) is 14.1. The second kappa shape index (κ2) is 8.60. The van der Waals surface area contributed by atoms with E-state index in [1.54, 1.807) is 18.2 Å². The van der Waals surface area contributed by atoms with Crippen LogP contribution in [0.1, 0.15) is 17.4 Å². The summed E-state index contributed by atoms with van der Waals surface area (Å²) in [7, 11) is -8.18. The number of benzene rings is 2. The third-order valence-corrected chi connectivity index (χ3v) is 7.71. The molecule has 158 valence electrons. The monoisotopic (exact) mass is 450 g/mol. The van der Waals surface area contributed by atoms with Crippen LogP contribution in [-0.4, -0.2) is 33.5 Å². The van der Waals surface area contributed by atoms with Crippen LogP contribution in [0.4, 0.5) is 4.39 Å². The largest absolute Gasteiger partial charge is 0.385 e. The molecule has 0 amide bonds. The van der Waals surface area contributed by atoms with E-state index in [0.29, 0.717) is 11.3 Å². The number of aliphatic hydroxyl groups is 1. The van der Waals surface area contributed by atoms with Crippen molar-refractivity contribution in [3.05, 3.63) is 83.9 Å². The van der Waals surface area contributed by atoms with E-state index >= 15 is 0 Å². The maximum atomic E-state index is 13.1. The molecule has 0 bridgehead atoms. The molecule has 30 heavy (non-hydrogen) atoms. The number of halogens is 1. The second-order valence-corrected chi connectivity index (χ2v) is 10.2. The molecule has 3 aromatic rings. The highest BCUT2D eigenvalue weighted by Crippen LogP contribution is 2.25. The average Bonchev–Trinajstić information content (AvgIpc) is 2.73. The Morgan fingerprint density at radius 2 is 1.67 bits per heavy atom. The average molecular weight is 451 g/mol. The van der Waals surface area contributed by atoms with E-state index < -0.39 is 31.8 Å². The highest BCUT2D eigenvalue weighted by molar-refractivity contribution is 7.91. The summed E-state index contributed by atoms with van der Waals surface area (Å²) in [6, 6.07) is 12.8. The van der Waals surface area contributed by atoms with Crippen LogP contribution in [0.15, 0.2) is 81.5 Å². The number of pyridine rings is 1. The van der Waals surface area contributed by atoms with Crippen LogP contribution in [0.5, 0.6) is 0 Å². The van der Waals surface area contributed by atoms with Crippen molar-refractivity contribution in [2.75, 3.05) is 6.54 Å². The Labute approximate surface area is 174 Å². The summed E-state index contributed by atoms with van der Waals surface area (Å²) in [5.41, 5.74) is 0.623. The fourth-order valence-corrected chi connectivity index (χ4v) is 5.40. The number of rotatable bonds is 7. The van der Waals surface area contributed by atoms with Gasteiger partial charge in [-0.05, 0) is 61.0 Å². The van der Waals surface area contributed by atoms with Gasteiger partial charge in [0, 0.05) is 12.7 Å². The lowest BCUT2D eigenvalue weighted by molar-refractivity contribution is 0.177. The van der Waals surface area contributed by atoms with Crippen LogP contribution in [0.3, 0.4) is 0 Å². The lowest BCUT2D eigenvalue weighted by Gasteiger charge is -2.14. The Bertz CT molecular complexity index is 1250. The van der Waals surface area contributed by atoms with Gasteiger partial charge in [0.2, 0.25) is 19.9 Å². The zero-order valence-electron chi connectivity index (χ0n) is 15.9. The Hall–Kier alpha value is -2.66. The van der Waals surface area contributed by atoms with Crippen molar-refractivity contribution in [1.82, 2.24) is 9.71 Å². The molecule has 0 saturated carbocycles. The molecule has 0 saturated heterocycles. The molecule has 10 heteroatoms. The summed E-state index contributed by atoms with van der Waals surface area (Å²) in [4.78, 5) is 3.33. The predicted molar refractivity (Wildman–Crippen MR) is 107 cm³/mol. The molecule has 0 spiro atoms. The molecule has 3 rings (SSSR count). The van der Waals surface area contributed by atoms with E-state index in [1.165, 1.54) is 25.3 Å². The SMILES string of the molecule is Cc1ccc(S(=O)(=O)c2ccc(F)cc2)cc1S(=O)(=O)NCC(O)c1ccccn1. The van der Waals surface area contributed by atoms with Gasteiger partial charge in [0.05, 0.1) is 20.4 Å². The standard InChI is InChI=1S/C20H19FN2O5S2/c1-14-5-8-17(29(25,26)16-9-6-15(21)7-10-16)12-20(14)30(27,28)23-13-19(24)18-4-2-3-11-22-18/h2-12,19,23-24H,13H2,1H3. The van der Waals surface area contributed by atoms with Crippen molar-refractivity contribution in [2.45, 2.75) is 27.7 Å². The topological polar surface area (TPSA) is 113 Å². The lowest BCUT2D eigenvalue weighted by atomic mass is 10.2. The number of hydrogen-bond donors (Lipinski definition) is 2. The van der Waals surface area contributed by atoms with Gasteiger partial charge in [-0.2, -0.15) is 0 Å². The van der Waals surface area contributed by atoms with E-state index in [4.69, 9.17) is 0 Å². The Morgan fingerprint density at radius 1 is 1.00 bits per heavy atom. The van der Waals surface area contributed by atoms with Crippen LogP contribution in [0.25, 0.3) is 0 Å². The van der Waals surface area contributed by atoms with Gasteiger partial charge in [-0.3, -0.25) is 4.98 Å². The molecule has 7 nitrogen and oxygen atoms in total. The number of aromatic nitrogens is 1. The van der Waals surface area contributed by atoms with Gasteiger partial charge in [0.15, 0.2) is 0 Å². The van der Waals surface area contributed by atoms with Gasteiger partial charge >= 0.3 is 0 Å². The van der Waals surface area contributed by atoms with Crippen LogP contribution in [0, 0.1) is 12.7 Å². The maximum absolute atomic E-state index is 13.1. The predicted octanol–water partition coefficient (Wildman–Crippen LogP) is 2.37. The minimum atomic E-state index is -4.13. The zero-order valence-corrected chi connectivity index (χ0v) is 17.5. The first kappa shape index (κ1) is 22.0. The highest BCUT2D eigenvalue weighted by atomic mass is 32.2. The molecule has 1 unspecified atom stereocenters. The van der Waals surface area contributed by atoms with Gasteiger partial charge in [-0.1, -0.05) is 12.1 Å². The molecular formula is C20H19FN2O5S2. The fraction of sp³-hybridized carbons (Fsp3) is 0.150. The van der Waals surface area contributed by atoms with Gasteiger partial charge in [0.1, 0.15) is 11.9 Å². The van der Waals surface area contributed by atoms with E-state index in [-0.39, 0.29) is 21.2 Å². The van der Waals surface area contributed by atoms with Gasteiger partial charge in [0.25, 0.3) is 0 Å². The Kier molecular flexibility index (Phi) is 6.32. The summed E-state index contributed by atoms with van der Waals surface area (Å²) in [6.45, 7) is 1.19. The van der Waals surface area contributed by atoms with E-state index in [2.05, 4.69) is 9.71 Å². The number of sulfone groups is 1. The zero-order chi connectivity index (χ0) is 21.9. The molecule has 0 aliphatic carbocycles. The van der Waals surface area contributed by atoms with Crippen molar-refractivity contribution < 1.29 is 26.3 Å². The summed E-state index contributed by atoms with van der Waals surface area (Å²) >= 11 is 0. The van der Waals surface area contributed by atoms with Crippen molar-refractivity contribution in [3.63, 3.8) is 0 Å². The number of aliphatic hydroxyl groups excluding tert-OH is 1. The smallest absolute Gasteiger partial charge is 0.240 e. The lowest BCUT2D eigenvalue weighted by Crippen LogP contribution is -2.29. The fourth-order valence-electron chi connectivity index (χ4n) is 2.73. The third-order valence-electron chi connectivity index (χ3n) is 4.38. The highest BCUT2D eigenvalue weighted by Gasteiger charge is 2.24. The second-order valence-electron chi connectivity index (χ2n) is 6.51. The normalized spacial score (nSPS) is 13.2. The van der Waals surface area contributed by atoms with Gasteiger partial charge < -0.3 is 5.11 Å². The maximum Gasteiger partial charge on any atom is 0.240 e. The molecular weight excluding hydrogens is 431 g/mol. The first-order valence-corrected chi connectivity index (χ1v) is 11.8. The number of nitrogens with zero attached hydrogens (tertiary/aromatic N) is 1. The van der Waals surface area contributed by atoms with Crippen LogP contribution >= 0.6 is 0 Å². The molecule has 2 aromatic carbocycles. The minimum absolute atomic E-state index is 0.158. The van der Waals surface area contributed by atoms with Gasteiger partial charge in [-0.25, -0.2) is 25.9 Å². The first-order valence-electron chi connectivity index (χ1n) is 8.81. The Morgan fingerprint density at radius 3 is 2.30 bits per heavy atom. The molecule has 0 aliphatic rings. The summed E-state index contributed by atoms with van der Waals surface area (Å²) in [5, 5.41) is 10.1. The van der Waals surface area contributed by atoms with E-state index in [9.17, 15) is 26.3 Å². The molecule has 1 atom stereocenters. The number of sulfonamides is 1. The number of hydrogen-bond acceptors (Lipinski definition) is 6. The number of nitrogens with one attached hydrogen (secondary N) is 1. The third kappa shape index (κ3) is 4.73. The van der Waals surface area contributed by atoms with Crippen LogP contribution in [-0.2, 0) is 19.9 Å². The van der Waals surface area contributed by atoms with Crippen molar-refractivity contribution in [3.8, 4) is 0 Å². The van der Waals surface area contributed by atoms with E-state index in [1.807, 2.05) is 0 Å². The van der Waals surface area contributed by atoms with Crippen LogP contribution < -0.4 is 4.72 Å². The molecule has 0 aliphatic heterocycles. The van der Waals surface area contributed by atoms with Crippen molar-refractivity contribution >= 4 is 19.9 Å². The molecule has 1 aromatic heterocycles. The summed E-state index contributed by atoms with van der Waals surface area (Å²) in [6.07, 6.45) is 0.300. The minimum Gasteiger partial charge on any atom is -0.385 e. The molecule has 0 fully saturated rings. The molecule has 0 radical (unpaired) electrons. The van der Waals surface area contributed by atoms with Crippen LogP contribution in [0.2, 0.25) is 0 Å². The Balaban J connectivity index is 1.89.